The van der Waals surface area contributed by atoms with Gasteiger partial charge in [-0.3, -0.25) is 4.99 Å². The highest BCUT2D eigenvalue weighted by Gasteiger charge is 2.05. The molecule has 6 heteroatoms. The van der Waals surface area contributed by atoms with E-state index in [1.807, 2.05) is 24.4 Å². The SMILES string of the molecule is CN=C(NCCc1c[nH]c2ccc(Cl)cc12)NCc1ccsc1. The van der Waals surface area contributed by atoms with Gasteiger partial charge in [-0.2, -0.15) is 11.3 Å². The highest BCUT2D eigenvalue weighted by atomic mass is 35.5. The van der Waals surface area contributed by atoms with Crippen molar-refractivity contribution >= 4 is 39.8 Å². The maximum Gasteiger partial charge on any atom is 0.191 e. The zero-order chi connectivity index (χ0) is 16.1. The number of hydrogen-bond donors (Lipinski definition) is 3. The molecule has 0 saturated carbocycles. The van der Waals surface area contributed by atoms with Gasteiger partial charge in [-0.15, -0.1) is 0 Å². The van der Waals surface area contributed by atoms with Crippen molar-refractivity contribution < 1.29 is 0 Å². The average molecular weight is 347 g/mol. The lowest BCUT2D eigenvalue weighted by Gasteiger charge is -2.11. The van der Waals surface area contributed by atoms with Gasteiger partial charge in [0.2, 0.25) is 0 Å². The minimum atomic E-state index is 0.763. The molecule has 4 nitrogen and oxygen atoms in total. The fraction of sp³-hybridized carbons (Fsp3) is 0.235. The average Bonchev–Trinajstić information content (AvgIpc) is 3.20. The first kappa shape index (κ1) is 15.9. The van der Waals surface area contributed by atoms with Gasteiger partial charge in [0.15, 0.2) is 5.96 Å². The van der Waals surface area contributed by atoms with Gasteiger partial charge < -0.3 is 15.6 Å². The number of rotatable bonds is 5. The molecule has 0 amide bonds. The molecule has 120 valence electrons. The van der Waals surface area contributed by atoms with Crippen LogP contribution in [-0.4, -0.2) is 24.5 Å². The Labute approximate surface area is 144 Å². The summed E-state index contributed by atoms with van der Waals surface area (Å²) < 4.78 is 0. The second-order valence-corrected chi connectivity index (χ2v) is 6.45. The number of aliphatic imine (C=N–C) groups is 1. The summed E-state index contributed by atoms with van der Waals surface area (Å²) in [5.41, 5.74) is 3.64. The number of fused-ring (bicyclic) bond motifs is 1. The molecule has 0 radical (unpaired) electrons. The van der Waals surface area contributed by atoms with Crippen molar-refractivity contribution in [3.63, 3.8) is 0 Å². The third-order valence-electron chi connectivity index (χ3n) is 3.68. The molecule has 3 aromatic rings. The molecule has 0 atom stereocenters. The van der Waals surface area contributed by atoms with Crippen molar-refractivity contribution in [2.45, 2.75) is 13.0 Å². The van der Waals surface area contributed by atoms with Crippen LogP contribution in [0.2, 0.25) is 5.02 Å². The summed E-state index contributed by atoms with van der Waals surface area (Å²) in [7, 11) is 1.79. The Kier molecular flexibility index (Phi) is 5.20. The molecule has 0 aliphatic heterocycles. The Morgan fingerprint density at radius 2 is 2.22 bits per heavy atom. The third kappa shape index (κ3) is 4.06. The standard InChI is InChI=1S/C17H19ClN4S/c1-19-17(22-9-12-5-7-23-11-12)20-6-4-13-10-21-16-3-2-14(18)8-15(13)16/h2-3,5,7-8,10-11,21H,4,6,9H2,1H3,(H2,19,20,22). The van der Waals surface area contributed by atoms with E-state index in [9.17, 15) is 0 Å². The largest absolute Gasteiger partial charge is 0.361 e. The van der Waals surface area contributed by atoms with Crippen molar-refractivity contribution in [2.75, 3.05) is 13.6 Å². The molecule has 0 aliphatic carbocycles. The molecule has 0 bridgehead atoms. The number of nitrogens with one attached hydrogen (secondary N) is 3. The Morgan fingerprint density at radius 3 is 3.00 bits per heavy atom. The van der Waals surface area contributed by atoms with Gasteiger partial charge in [-0.1, -0.05) is 11.6 Å². The summed E-state index contributed by atoms with van der Waals surface area (Å²) in [6.07, 6.45) is 2.95. The summed E-state index contributed by atoms with van der Waals surface area (Å²) in [6, 6.07) is 8.03. The zero-order valence-electron chi connectivity index (χ0n) is 12.9. The molecule has 0 unspecified atom stereocenters. The Morgan fingerprint density at radius 1 is 1.30 bits per heavy atom. The molecule has 0 saturated heterocycles. The third-order valence-corrected chi connectivity index (χ3v) is 4.65. The van der Waals surface area contributed by atoms with Crippen LogP contribution >= 0.6 is 22.9 Å². The van der Waals surface area contributed by atoms with E-state index in [1.54, 1.807) is 18.4 Å². The summed E-state index contributed by atoms with van der Waals surface area (Å²) in [4.78, 5) is 7.53. The molecule has 1 aromatic carbocycles. The van der Waals surface area contributed by atoms with Crippen molar-refractivity contribution in [3.05, 3.63) is 57.4 Å². The Balaban J connectivity index is 1.54. The van der Waals surface area contributed by atoms with Crippen LogP contribution in [-0.2, 0) is 13.0 Å². The Bertz CT molecular complexity index is 792. The van der Waals surface area contributed by atoms with E-state index in [1.165, 1.54) is 16.5 Å². The van der Waals surface area contributed by atoms with Gasteiger partial charge in [0.05, 0.1) is 0 Å². The predicted octanol–water partition coefficient (Wildman–Crippen LogP) is 3.79. The molecule has 23 heavy (non-hydrogen) atoms. The van der Waals surface area contributed by atoms with Crippen LogP contribution < -0.4 is 10.6 Å². The maximum absolute atomic E-state index is 6.09. The van der Waals surface area contributed by atoms with E-state index in [4.69, 9.17) is 11.6 Å². The van der Waals surface area contributed by atoms with E-state index < -0.39 is 0 Å². The van der Waals surface area contributed by atoms with Gasteiger partial charge in [0.25, 0.3) is 0 Å². The van der Waals surface area contributed by atoms with Crippen molar-refractivity contribution in [2.24, 2.45) is 4.99 Å². The number of H-pyrrole nitrogens is 1. The number of benzene rings is 1. The first-order valence-electron chi connectivity index (χ1n) is 7.47. The second-order valence-electron chi connectivity index (χ2n) is 5.24. The number of aromatic amines is 1. The fourth-order valence-electron chi connectivity index (χ4n) is 2.47. The molecule has 3 N–H and O–H groups in total. The topological polar surface area (TPSA) is 52.2 Å². The number of hydrogen-bond acceptors (Lipinski definition) is 2. The maximum atomic E-state index is 6.09. The van der Waals surface area contributed by atoms with Crippen molar-refractivity contribution in [3.8, 4) is 0 Å². The van der Waals surface area contributed by atoms with Gasteiger partial charge in [0, 0.05) is 42.3 Å². The minimum Gasteiger partial charge on any atom is -0.361 e. The van der Waals surface area contributed by atoms with Crippen LogP contribution in [0.25, 0.3) is 10.9 Å². The van der Waals surface area contributed by atoms with Gasteiger partial charge in [0.1, 0.15) is 0 Å². The van der Waals surface area contributed by atoms with Gasteiger partial charge >= 0.3 is 0 Å². The molecular formula is C17H19ClN4S. The van der Waals surface area contributed by atoms with Gasteiger partial charge in [-0.05, 0) is 52.6 Å². The molecule has 0 spiro atoms. The second kappa shape index (κ2) is 7.53. The normalized spacial score (nSPS) is 11.8. The lowest BCUT2D eigenvalue weighted by Crippen LogP contribution is -2.37. The summed E-state index contributed by atoms with van der Waals surface area (Å²) in [5.74, 6) is 0.814. The number of nitrogens with zero attached hydrogens (tertiary/aromatic N) is 1. The number of aromatic nitrogens is 1. The van der Waals surface area contributed by atoms with Crippen molar-refractivity contribution in [1.29, 1.82) is 0 Å². The summed E-state index contributed by atoms with van der Waals surface area (Å²) >= 11 is 7.79. The first-order chi connectivity index (χ1) is 11.3. The summed E-state index contributed by atoms with van der Waals surface area (Å²) in [5, 5.41) is 12.8. The summed E-state index contributed by atoms with van der Waals surface area (Å²) in [6.45, 7) is 1.59. The highest BCUT2D eigenvalue weighted by molar-refractivity contribution is 7.07. The van der Waals surface area contributed by atoms with E-state index in [-0.39, 0.29) is 0 Å². The smallest absolute Gasteiger partial charge is 0.191 e. The quantitative estimate of drug-likeness (QED) is 0.486. The molecule has 0 fully saturated rings. The first-order valence-corrected chi connectivity index (χ1v) is 8.79. The Hall–Kier alpha value is -1.98. The number of guanidine groups is 1. The lowest BCUT2D eigenvalue weighted by molar-refractivity contribution is 0.797. The molecule has 3 rings (SSSR count). The highest BCUT2D eigenvalue weighted by Crippen LogP contribution is 2.22. The minimum absolute atomic E-state index is 0.763. The molecule has 2 heterocycles. The molecular weight excluding hydrogens is 328 g/mol. The lowest BCUT2D eigenvalue weighted by atomic mass is 10.1. The van der Waals surface area contributed by atoms with Crippen LogP contribution in [0.5, 0.6) is 0 Å². The number of thiophene rings is 1. The van der Waals surface area contributed by atoms with E-state index >= 15 is 0 Å². The molecule has 0 aliphatic rings. The molecule has 2 aromatic heterocycles. The monoisotopic (exact) mass is 346 g/mol. The van der Waals surface area contributed by atoms with Crippen LogP contribution in [0.15, 0.2) is 46.2 Å². The fourth-order valence-corrected chi connectivity index (χ4v) is 3.31. The zero-order valence-corrected chi connectivity index (χ0v) is 14.5. The van der Waals surface area contributed by atoms with Crippen LogP contribution in [0, 0.1) is 0 Å². The van der Waals surface area contributed by atoms with Crippen LogP contribution in [0.3, 0.4) is 0 Å². The van der Waals surface area contributed by atoms with Crippen LogP contribution in [0.1, 0.15) is 11.1 Å². The van der Waals surface area contributed by atoms with E-state index in [2.05, 4.69) is 37.4 Å². The van der Waals surface area contributed by atoms with Crippen LogP contribution in [0.4, 0.5) is 0 Å². The van der Waals surface area contributed by atoms with E-state index in [0.29, 0.717) is 0 Å². The predicted molar refractivity (Wildman–Crippen MR) is 99.5 cm³/mol. The van der Waals surface area contributed by atoms with Crippen molar-refractivity contribution in [1.82, 2.24) is 15.6 Å². The number of halogens is 1. The van der Waals surface area contributed by atoms with Gasteiger partial charge in [-0.25, -0.2) is 0 Å². The van der Waals surface area contributed by atoms with E-state index in [0.717, 1.165) is 36.0 Å².